The van der Waals surface area contributed by atoms with Crippen LogP contribution in [0.5, 0.6) is 0 Å². The molecule has 0 N–H and O–H groups in total. The van der Waals surface area contributed by atoms with E-state index in [0.717, 1.165) is 0 Å². The molecular formula is C16H29KO5. The number of carbonyl (C=O) groups excluding carboxylic acids is 3. The standard InChI is InChI=1S/C12H20O4.C4H9O.K/c1-5-16-12(15)10(7-6-9(4)13)11(14)8(2)3;1-4(2,3)5;/h8,10H,5-7H2,1-4H3;1-3H3;/q;-1;+1. The number of hydrogen-bond acceptors (Lipinski definition) is 5. The van der Waals surface area contributed by atoms with Crippen LogP contribution in [0.3, 0.4) is 0 Å². The summed E-state index contributed by atoms with van der Waals surface area (Å²) < 4.78 is 4.84. The van der Waals surface area contributed by atoms with Gasteiger partial charge in [0.25, 0.3) is 0 Å². The summed E-state index contributed by atoms with van der Waals surface area (Å²) >= 11 is 0. The first-order valence-electron chi connectivity index (χ1n) is 7.30. The molecule has 0 fully saturated rings. The summed E-state index contributed by atoms with van der Waals surface area (Å²) in [5, 5.41) is 10.1. The number of rotatable bonds is 7. The van der Waals surface area contributed by atoms with Gasteiger partial charge in [-0.25, -0.2) is 0 Å². The maximum atomic E-state index is 11.8. The van der Waals surface area contributed by atoms with Crippen LogP contribution >= 0.6 is 0 Å². The van der Waals surface area contributed by atoms with Gasteiger partial charge in [0.15, 0.2) is 0 Å². The second-order valence-electron chi connectivity index (χ2n) is 6.21. The Morgan fingerprint density at radius 2 is 1.55 bits per heavy atom. The number of Topliss-reactive ketones (excluding diaryl/α,β-unsaturated/α-hetero) is 2. The molecule has 0 saturated heterocycles. The molecule has 0 aliphatic heterocycles. The zero-order valence-corrected chi connectivity index (χ0v) is 18.4. The molecule has 0 bridgehead atoms. The molecule has 0 aliphatic carbocycles. The van der Waals surface area contributed by atoms with Crippen molar-refractivity contribution in [2.75, 3.05) is 6.61 Å². The first-order chi connectivity index (χ1) is 9.40. The van der Waals surface area contributed by atoms with Crippen LogP contribution in [0.4, 0.5) is 0 Å². The summed E-state index contributed by atoms with van der Waals surface area (Å²) in [4.78, 5) is 34.2. The predicted molar refractivity (Wildman–Crippen MR) is 79.6 cm³/mol. The molecule has 0 radical (unpaired) electrons. The molecule has 124 valence electrons. The van der Waals surface area contributed by atoms with Gasteiger partial charge in [0, 0.05) is 12.3 Å². The average molecular weight is 341 g/mol. The van der Waals surface area contributed by atoms with Crippen LogP contribution < -0.4 is 56.5 Å². The molecule has 5 nitrogen and oxygen atoms in total. The van der Waals surface area contributed by atoms with Crippen LogP contribution in [0.15, 0.2) is 0 Å². The third kappa shape index (κ3) is 18.5. The maximum Gasteiger partial charge on any atom is 1.00 e. The Morgan fingerprint density at radius 1 is 1.14 bits per heavy atom. The van der Waals surface area contributed by atoms with Crippen LogP contribution in [0.1, 0.15) is 61.3 Å². The van der Waals surface area contributed by atoms with E-state index in [0.29, 0.717) is 0 Å². The number of carbonyl (C=O) groups is 3. The summed E-state index contributed by atoms with van der Waals surface area (Å²) in [7, 11) is 0. The van der Waals surface area contributed by atoms with Crippen molar-refractivity contribution in [1.82, 2.24) is 0 Å². The number of hydrogen-bond donors (Lipinski definition) is 0. The molecule has 0 saturated carbocycles. The minimum absolute atomic E-state index is 0. The Kier molecular flexibility index (Phi) is 17.1. The summed E-state index contributed by atoms with van der Waals surface area (Å²) in [6, 6.07) is 0. The fourth-order valence-corrected chi connectivity index (χ4v) is 1.37. The fraction of sp³-hybridized carbons (Fsp3) is 0.812. The quantitative estimate of drug-likeness (QED) is 0.334. The van der Waals surface area contributed by atoms with Crippen molar-refractivity contribution in [3.63, 3.8) is 0 Å². The van der Waals surface area contributed by atoms with E-state index >= 15 is 0 Å². The fourth-order valence-electron chi connectivity index (χ4n) is 1.37. The molecule has 22 heavy (non-hydrogen) atoms. The van der Waals surface area contributed by atoms with E-state index in [1.807, 2.05) is 0 Å². The van der Waals surface area contributed by atoms with Gasteiger partial charge in [-0.15, -0.1) is 5.60 Å². The van der Waals surface area contributed by atoms with Crippen LogP contribution in [-0.4, -0.2) is 29.7 Å². The second-order valence-corrected chi connectivity index (χ2v) is 6.21. The Morgan fingerprint density at radius 3 is 1.82 bits per heavy atom. The van der Waals surface area contributed by atoms with Gasteiger partial charge in [0.2, 0.25) is 0 Å². The third-order valence-corrected chi connectivity index (χ3v) is 2.27. The first kappa shape index (κ1) is 27.3. The molecule has 0 heterocycles. The topological polar surface area (TPSA) is 83.5 Å². The van der Waals surface area contributed by atoms with E-state index in [1.165, 1.54) is 6.92 Å². The SMILES string of the molecule is CC(C)(C)[O-].CCOC(=O)C(CCC(C)=O)C(=O)C(C)C.[K+]. The van der Waals surface area contributed by atoms with Crippen LogP contribution in [-0.2, 0) is 19.1 Å². The Hall–Kier alpha value is 0.406. The summed E-state index contributed by atoms with van der Waals surface area (Å²) in [5.41, 5.74) is -0.750. The van der Waals surface area contributed by atoms with Crippen molar-refractivity contribution in [2.45, 2.75) is 66.9 Å². The molecule has 1 atom stereocenters. The first-order valence-corrected chi connectivity index (χ1v) is 7.30. The van der Waals surface area contributed by atoms with Crippen molar-refractivity contribution in [3.05, 3.63) is 0 Å². The average Bonchev–Trinajstić information content (AvgIpc) is 2.26. The van der Waals surface area contributed by atoms with E-state index in [-0.39, 0.29) is 88.3 Å². The van der Waals surface area contributed by atoms with E-state index in [1.54, 1.807) is 41.5 Å². The van der Waals surface area contributed by atoms with Gasteiger partial charge in [-0.3, -0.25) is 9.59 Å². The maximum absolute atomic E-state index is 11.8. The van der Waals surface area contributed by atoms with Gasteiger partial charge in [-0.1, -0.05) is 34.6 Å². The van der Waals surface area contributed by atoms with Crippen LogP contribution in [0.2, 0.25) is 0 Å². The molecule has 1 unspecified atom stereocenters. The summed E-state index contributed by atoms with van der Waals surface area (Å²) in [6.45, 7) is 11.8. The molecule has 0 aromatic heterocycles. The van der Waals surface area contributed by atoms with Gasteiger partial charge in [-0.05, 0) is 20.3 Å². The monoisotopic (exact) mass is 340 g/mol. The van der Waals surface area contributed by atoms with Crippen molar-refractivity contribution < 1.29 is 75.6 Å². The van der Waals surface area contributed by atoms with E-state index in [4.69, 9.17) is 4.74 Å². The molecule has 0 rings (SSSR count). The Balaban J connectivity index is -0.000000520. The predicted octanol–water partition coefficient (Wildman–Crippen LogP) is -1.09. The van der Waals surface area contributed by atoms with Gasteiger partial charge in [-0.2, -0.15) is 0 Å². The van der Waals surface area contributed by atoms with Crippen LogP contribution in [0.25, 0.3) is 0 Å². The van der Waals surface area contributed by atoms with Gasteiger partial charge < -0.3 is 14.6 Å². The van der Waals surface area contributed by atoms with Crippen molar-refractivity contribution in [1.29, 1.82) is 0 Å². The van der Waals surface area contributed by atoms with E-state index in [9.17, 15) is 19.5 Å². The minimum atomic E-state index is -0.788. The van der Waals surface area contributed by atoms with Crippen molar-refractivity contribution >= 4 is 17.5 Å². The van der Waals surface area contributed by atoms with E-state index in [2.05, 4.69) is 0 Å². The number of ketones is 2. The van der Waals surface area contributed by atoms with Crippen molar-refractivity contribution in [3.8, 4) is 0 Å². The number of ether oxygens (including phenoxy) is 1. The largest absolute Gasteiger partial charge is 1.00 e. The molecule has 0 aromatic rings. The van der Waals surface area contributed by atoms with E-state index < -0.39 is 17.5 Å². The van der Waals surface area contributed by atoms with Crippen molar-refractivity contribution in [2.24, 2.45) is 11.8 Å². The Labute approximate surface area is 177 Å². The second kappa shape index (κ2) is 13.8. The smallest absolute Gasteiger partial charge is 0.850 e. The third-order valence-electron chi connectivity index (χ3n) is 2.27. The normalized spacial score (nSPS) is 11.7. The minimum Gasteiger partial charge on any atom is -0.850 e. The summed E-state index contributed by atoms with van der Waals surface area (Å²) in [5.74, 6) is -1.70. The molecule has 0 spiro atoms. The number of esters is 1. The zero-order valence-electron chi connectivity index (χ0n) is 15.3. The Bertz CT molecular complexity index is 339. The van der Waals surface area contributed by atoms with Gasteiger partial charge in [0.05, 0.1) is 6.61 Å². The van der Waals surface area contributed by atoms with Gasteiger partial charge in [0.1, 0.15) is 17.5 Å². The molecule has 0 aliphatic rings. The van der Waals surface area contributed by atoms with Crippen LogP contribution in [0, 0.1) is 11.8 Å². The molecule has 0 amide bonds. The zero-order chi connectivity index (χ0) is 17.2. The molecule has 6 heteroatoms. The molecular weight excluding hydrogens is 311 g/mol. The molecule has 0 aromatic carbocycles. The summed E-state index contributed by atoms with van der Waals surface area (Å²) in [6.07, 6.45) is 0.493. The van der Waals surface area contributed by atoms with Gasteiger partial charge >= 0.3 is 57.4 Å².